The maximum Gasteiger partial charge on any atom is 0.269 e. The van der Waals surface area contributed by atoms with Crippen molar-refractivity contribution >= 4 is 17.7 Å². The number of hydrazine groups is 1. The second-order valence-corrected chi connectivity index (χ2v) is 7.24. The van der Waals surface area contributed by atoms with Crippen molar-refractivity contribution in [3.63, 3.8) is 0 Å². The molecule has 1 unspecified atom stereocenters. The molecule has 0 aromatic heterocycles. The van der Waals surface area contributed by atoms with Crippen LogP contribution in [0.2, 0.25) is 0 Å². The summed E-state index contributed by atoms with van der Waals surface area (Å²) < 4.78 is 11.2. The predicted molar refractivity (Wildman–Crippen MR) is 114 cm³/mol. The minimum absolute atomic E-state index is 0.0308. The molecular weight excluding hydrogens is 398 g/mol. The summed E-state index contributed by atoms with van der Waals surface area (Å²) in [7, 11) is 0. The quantitative estimate of drug-likeness (QED) is 0.534. The van der Waals surface area contributed by atoms with Gasteiger partial charge in [-0.05, 0) is 42.7 Å². The molecule has 31 heavy (non-hydrogen) atoms. The Hall–Kier alpha value is -3.39. The van der Waals surface area contributed by atoms with Crippen molar-refractivity contribution in [3.8, 4) is 5.75 Å². The van der Waals surface area contributed by atoms with Crippen molar-refractivity contribution in [2.75, 3.05) is 13.2 Å². The van der Waals surface area contributed by atoms with E-state index < -0.39 is 11.8 Å². The number of rotatable bonds is 9. The second-order valence-electron chi connectivity index (χ2n) is 7.24. The molecule has 1 saturated heterocycles. The molecule has 8 heteroatoms. The minimum atomic E-state index is -0.451. The van der Waals surface area contributed by atoms with E-state index in [0.717, 1.165) is 25.0 Å². The van der Waals surface area contributed by atoms with E-state index in [2.05, 4.69) is 16.2 Å². The summed E-state index contributed by atoms with van der Waals surface area (Å²) in [4.78, 5) is 35.9. The maximum absolute atomic E-state index is 12.2. The van der Waals surface area contributed by atoms with Crippen molar-refractivity contribution in [3.05, 3.63) is 65.7 Å². The zero-order valence-corrected chi connectivity index (χ0v) is 17.3. The van der Waals surface area contributed by atoms with Crippen LogP contribution in [0, 0.1) is 0 Å². The van der Waals surface area contributed by atoms with Crippen LogP contribution in [0.15, 0.2) is 54.6 Å². The van der Waals surface area contributed by atoms with Gasteiger partial charge in [0.1, 0.15) is 12.4 Å². The molecule has 3 amide bonds. The van der Waals surface area contributed by atoms with E-state index in [1.54, 1.807) is 24.3 Å². The third kappa shape index (κ3) is 7.75. The molecule has 2 aromatic rings. The highest BCUT2D eigenvalue weighted by Gasteiger charge is 2.16. The highest BCUT2D eigenvalue weighted by Crippen LogP contribution is 2.16. The van der Waals surface area contributed by atoms with E-state index >= 15 is 0 Å². The number of nitrogens with one attached hydrogen (secondary N) is 3. The van der Waals surface area contributed by atoms with Gasteiger partial charge in [-0.1, -0.05) is 30.3 Å². The molecule has 0 radical (unpaired) electrons. The predicted octanol–water partition coefficient (Wildman–Crippen LogP) is 2.10. The summed E-state index contributed by atoms with van der Waals surface area (Å²) in [5.74, 6) is -0.478. The van der Waals surface area contributed by atoms with E-state index in [1.807, 2.05) is 30.3 Å². The first-order chi connectivity index (χ1) is 15.1. The van der Waals surface area contributed by atoms with Gasteiger partial charge in [-0.3, -0.25) is 25.2 Å². The van der Waals surface area contributed by atoms with Crippen molar-refractivity contribution in [2.45, 2.75) is 38.3 Å². The Morgan fingerprint density at radius 1 is 0.935 bits per heavy atom. The third-order valence-corrected chi connectivity index (χ3v) is 4.80. The van der Waals surface area contributed by atoms with Crippen LogP contribution in [0.1, 0.15) is 41.6 Å². The van der Waals surface area contributed by atoms with Gasteiger partial charge in [-0.2, -0.15) is 0 Å². The molecule has 1 aliphatic rings. The molecule has 0 aliphatic carbocycles. The fourth-order valence-electron chi connectivity index (χ4n) is 3.04. The average Bonchev–Trinajstić information content (AvgIpc) is 3.33. The summed E-state index contributed by atoms with van der Waals surface area (Å²) in [6, 6.07) is 16.1. The lowest BCUT2D eigenvalue weighted by atomic mass is 10.2. The zero-order chi connectivity index (χ0) is 21.9. The fourth-order valence-corrected chi connectivity index (χ4v) is 3.04. The summed E-state index contributed by atoms with van der Waals surface area (Å²) in [6.07, 6.45) is 2.17. The number of benzene rings is 2. The topological polar surface area (TPSA) is 106 Å². The van der Waals surface area contributed by atoms with Gasteiger partial charge in [-0.25, -0.2) is 0 Å². The summed E-state index contributed by atoms with van der Waals surface area (Å²) in [5, 5.41) is 2.75. The van der Waals surface area contributed by atoms with Crippen LogP contribution in [-0.2, 0) is 20.9 Å². The van der Waals surface area contributed by atoms with Crippen LogP contribution in [0.4, 0.5) is 0 Å². The highest BCUT2D eigenvalue weighted by atomic mass is 16.5. The van der Waals surface area contributed by atoms with Gasteiger partial charge in [0.25, 0.3) is 5.91 Å². The first kappa shape index (κ1) is 22.3. The average molecular weight is 425 g/mol. The molecule has 0 saturated carbocycles. The van der Waals surface area contributed by atoms with Crippen LogP contribution < -0.4 is 20.9 Å². The first-order valence-corrected chi connectivity index (χ1v) is 10.3. The monoisotopic (exact) mass is 425 g/mol. The molecule has 0 spiro atoms. The van der Waals surface area contributed by atoms with E-state index in [1.165, 1.54) is 0 Å². The Balaban J connectivity index is 1.31. The number of ether oxygens (including phenoxy) is 2. The van der Waals surface area contributed by atoms with Crippen molar-refractivity contribution < 1.29 is 23.9 Å². The summed E-state index contributed by atoms with van der Waals surface area (Å²) in [5.41, 5.74) is 6.03. The number of amides is 3. The second kappa shape index (κ2) is 11.7. The molecule has 0 bridgehead atoms. The molecule has 2 aromatic carbocycles. The van der Waals surface area contributed by atoms with Gasteiger partial charge in [0.15, 0.2) is 0 Å². The Bertz CT molecular complexity index is 865. The molecule has 3 N–H and O–H groups in total. The standard InChI is InChI=1S/C23H27N3O5/c27-21(24-15-17-5-2-1-3-6-17)12-13-22(28)25-26-23(29)18-8-10-19(11-9-18)31-16-20-7-4-14-30-20/h1-3,5-6,8-11,20H,4,7,12-16H2,(H,24,27)(H,25,28)(H,26,29). The van der Waals surface area contributed by atoms with Crippen LogP contribution in [0.25, 0.3) is 0 Å². The fraction of sp³-hybridized carbons (Fsp3) is 0.348. The van der Waals surface area contributed by atoms with Gasteiger partial charge in [0.05, 0.1) is 6.10 Å². The Kier molecular flexibility index (Phi) is 8.42. The SMILES string of the molecule is O=C(CCC(=O)NNC(=O)c1ccc(OCC2CCCO2)cc1)NCc1ccccc1. The maximum atomic E-state index is 12.2. The number of carbonyl (C=O) groups excluding carboxylic acids is 3. The smallest absolute Gasteiger partial charge is 0.269 e. The lowest BCUT2D eigenvalue weighted by Gasteiger charge is -2.12. The summed E-state index contributed by atoms with van der Waals surface area (Å²) >= 11 is 0. The molecule has 3 rings (SSSR count). The molecule has 8 nitrogen and oxygen atoms in total. The third-order valence-electron chi connectivity index (χ3n) is 4.80. The van der Waals surface area contributed by atoms with Gasteiger partial charge >= 0.3 is 0 Å². The van der Waals surface area contributed by atoms with Crippen molar-refractivity contribution in [1.82, 2.24) is 16.2 Å². The van der Waals surface area contributed by atoms with Gasteiger partial charge in [0, 0.05) is 31.6 Å². The molecule has 1 atom stereocenters. The Labute approximate surface area is 181 Å². The molecule has 1 aliphatic heterocycles. The number of hydrogen-bond donors (Lipinski definition) is 3. The number of hydrogen-bond acceptors (Lipinski definition) is 5. The van der Waals surface area contributed by atoms with Gasteiger partial charge in [-0.15, -0.1) is 0 Å². The highest BCUT2D eigenvalue weighted by molar-refractivity contribution is 5.95. The lowest BCUT2D eigenvalue weighted by Crippen LogP contribution is -2.42. The van der Waals surface area contributed by atoms with Crippen LogP contribution in [0.5, 0.6) is 5.75 Å². The van der Waals surface area contributed by atoms with Crippen molar-refractivity contribution in [2.24, 2.45) is 0 Å². The van der Waals surface area contributed by atoms with Gasteiger partial charge in [0.2, 0.25) is 11.8 Å². The largest absolute Gasteiger partial charge is 0.491 e. The van der Waals surface area contributed by atoms with Crippen LogP contribution in [-0.4, -0.2) is 37.0 Å². The van der Waals surface area contributed by atoms with Crippen molar-refractivity contribution in [1.29, 1.82) is 0 Å². The Morgan fingerprint density at radius 3 is 2.39 bits per heavy atom. The summed E-state index contributed by atoms with van der Waals surface area (Å²) in [6.45, 7) is 1.67. The number of carbonyl (C=O) groups is 3. The van der Waals surface area contributed by atoms with E-state index in [0.29, 0.717) is 24.5 Å². The Morgan fingerprint density at radius 2 is 1.68 bits per heavy atom. The molecule has 1 fully saturated rings. The molecule has 1 heterocycles. The lowest BCUT2D eigenvalue weighted by molar-refractivity contribution is -0.126. The van der Waals surface area contributed by atoms with Gasteiger partial charge < -0.3 is 14.8 Å². The van der Waals surface area contributed by atoms with Crippen LogP contribution in [0.3, 0.4) is 0 Å². The van der Waals surface area contributed by atoms with E-state index in [-0.39, 0.29) is 24.9 Å². The molecular formula is C23H27N3O5. The zero-order valence-electron chi connectivity index (χ0n) is 17.3. The van der Waals surface area contributed by atoms with E-state index in [9.17, 15) is 14.4 Å². The van der Waals surface area contributed by atoms with Crippen LogP contribution >= 0.6 is 0 Å². The normalized spacial score (nSPS) is 15.2. The minimum Gasteiger partial charge on any atom is -0.491 e. The first-order valence-electron chi connectivity index (χ1n) is 10.3. The van der Waals surface area contributed by atoms with E-state index in [4.69, 9.17) is 9.47 Å². The molecule has 164 valence electrons.